The maximum absolute atomic E-state index is 12.7. The normalized spacial score (nSPS) is 28.4. The van der Waals surface area contributed by atoms with E-state index in [4.69, 9.17) is 4.74 Å². The fourth-order valence-corrected chi connectivity index (χ4v) is 6.49. The van der Waals surface area contributed by atoms with Gasteiger partial charge in [-0.05, 0) is 59.8 Å². The van der Waals surface area contributed by atoms with Crippen LogP contribution in [0, 0.1) is 11.8 Å². The van der Waals surface area contributed by atoms with Gasteiger partial charge in [0.05, 0.1) is 0 Å². The van der Waals surface area contributed by atoms with Crippen molar-refractivity contribution in [2.75, 3.05) is 13.2 Å². The molecule has 0 atom stereocenters. The van der Waals surface area contributed by atoms with Crippen LogP contribution < -0.4 is 5.32 Å². The van der Waals surface area contributed by atoms with Gasteiger partial charge in [-0.1, -0.05) is 48.5 Å². The van der Waals surface area contributed by atoms with Gasteiger partial charge in [0.2, 0.25) is 5.91 Å². The summed E-state index contributed by atoms with van der Waals surface area (Å²) in [6.07, 6.45) is 2.53. The Hall–Kier alpha value is -3.35. The molecule has 0 radical (unpaired) electrons. The van der Waals surface area contributed by atoms with Crippen LogP contribution in [0.15, 0.2) is 48.5 Å². The number of hydrogen-bond acceptors (Lipinski definition) is 4. The number of alkyl carbamates (subject to hydrolysis) is 1. The Labute approximate surface area is 198 Å². The van der Waals surface area contributed by atoms with Crippen molar-refractivity contribution in [2.45, 2.75) is 49.6 Å². The number of hydrogen-bond donors (Lipinski definition) is 2. The number of fused-ring (bicyclic) bond motifs is 4. The van der Waals surface area contributed by atoms with Gasteiger partial charge in [0.25, 0.3) is 0 Å². The highest BCUT2D eigenvalue weighted by Crippen LogP contribution is 2.51. The van der Waals surface area contributed by atoms with E-state index in [1.54, 1.807) is 4.90 Å². The van der Waals surface area contributed by atoms with E-state index < -0.39 is 17.6 Å². The van der Waals surface area contributed by atoms with Crippen molar-refractivity contribution in [3.63, 3.8) is 0 Å². The van der Waals surface area contributed by atoms with Crippen molar-refractivity contribution in [2.24, 2.45) is 11.8 Å². The second kappa shape index (κ2) is 7.86. The van der Waals surface area contributed by atoms with Crippen LogP contribution in [0.25, 0.3) is 11.1 Å². The summed E-state index contributed by atoms with van der Waals surface area (Å²) >= 11 is 0. The smallest absolute Gasteiger partial charge is 0.407 e. The molecule has 2 heterocycles. The lowest BCUT2D eigenvalue weighted by Crippen LogP contribution is -2.55. The van der Waals surface area contributed by atoms with Crippen LogP contribution in [0.3, 0.4) is 0 Å². The fourth-order valence-electron chi connectivity index (χ4n) is 6.49. The maximum atomic E-state index is 12.7. The molecule has 4 fully saturated rings. The Bertz CT molecular complexity index is 1120. The van der Waals surface area contributed by atoms with Gasteiger partial charge in [-0.3, -0.25) is 4.79 Å². The standard InChI is InChI=1S/C27H28N2O5/c30-24(29-14-17-12-27(29,13-17)25(31)32)11-16-9-18(10-16)28-26(33)34-15-23-21-7-3-1-5-19(21)20-6-2-4-8-22(20)23/h1-8,16-18,23H,9-15H2,(H,28,33)(H,31,32). The zero-order chi connectivity index (χ0) is 23.4. The summed E-state index contributed by atoms with van der Waals surface area (Å²) in [4.78, 5) is 38.4. The molecule has 2 saturated heterocycles. The first-order valence-electron chi connectivity index (χ1n) is 12.1. The molecule has 0 spiro atoms. The third kappa shape index (κ3) is 3.29. The minimum absolute atomic E-state index is 0.00543. The van der Waals surface area contributed by atoms with Gasteiger partial charge in [-0.15, -0.1) is 0 Å². The molecule has 3 aliphatic carbocycles. The highest BCUT2D eigenvalue weighted by atomic mass is 16.5. The molecule has 2 N–H and O–H groups in total. The first-order chi connectivity index (χ1) is 16.4. The number of nitrogens with one attached hydrogen (secondary N) is 1. The highest BCUT2D eigenvalue weighted by Gasteiger charge is 2.62. The largest absolute Gasteiger partial charge is 0.479 e. The molecule has 2 saturated carbocycles. The SMILES string of the molecule is O=C(NC1CC(CC(=O)N2CC3CC2(C(=O)O)C3)C1)OCC1c2ccccc2-c2ccccc21. The van der Waals surface area contributed by atoms with Crippen molar-refractivity contribution in [3.8, 4) is 11.1 Å². The average Bonchev–Trinajstić information content (AvgIpc) is 3.45. The molecule has 2 aliphatic heterocycles. The number of amides is 2. The number of carboxylic acids is 1. The van der Waals surface area contributed by atoms with E-state index in [1.165, 1.54) is 22.3 Å². The molecule has 5 aliphatic rings. The van der Waals surface area contributed by atoms with Gasteiger partial charge < -0.3 is 20.1 Å². The van der Waals surface area contributed by atoms with Crippen molar-refractivity contribution < 1.29 is 24.2 Å². The van der Waals surface area contributed by atoms with Crippen molar-refractivity contribution in [3.05, 3.63) is 59.7 Å². The van der Waals surface area contributed by atoms with E-state index in [9.17, 15) is 19.5 Å². The number of aliphatic carboxylic acids is 1. The fraction of sp³-hybridized carbons (Fsp3) is 0.444. The van der Waals surface area contributed by atoms with Crippen LogP contribution in [-0.2, 0) is 14.3 Å². The van der Waals surface area contributed by atoms with Crippen LogP contribution in [0.4, 0.5) is 4.79 Å². The molecular weight excluding hydrogens is 432 g/mol. The molecule has 2 aromatic rings. The monoisotopic (exact) mass is 460 g/mol. The van der Waals surface area contributed by atoms with E-state index in [0.717, 1.165) is 0 Å². The summed E-state index contributed by atoms with van der Waals surface area (Å²) in [6, 6.07) is 16.5. The predicted octanol–water partition coefficient (Wildman–Crippen LogP) is 3.77. The summed E-state index contributed by atoms with van der Waals surface area (Å²) in [6.45, 7) is 0.848. The molecule has 2 bridgehead atoms. The Balaban J connectivity index is 0.986. The predicted molar refractivity (Wildman–Crippen MR) is 124 cm³/mol. The average molecular weight is 461 g/mol. The third-order valence-electron chi connectivity index (χ3n) is 8.27. The first-order valence-corrected chi connectivity index (χ1v) is 12.1. The van der Waals surface area contributed by atoms with E-state index in [1.807, 2.05) is 24.3 Å². The molecule has 0 unspecified atom stereocenters. The highest BCUT2D eigenvalue weighted by molar-refractivity contribution is 5.89. The molecule has 34 heavy (non-hydrogen) atoms. The number of ether oxygens (including phenoxy) is 1. The van der Waals surface area contributed by atoms with Crippen molar-refractivity contribution in [1.82, 2.24) is 10.2 Å². The van der Waals surface area contributed by atoms with Gasteiger partial charge in [-0.2, -0.15) is 0 Å². The second-order valence-electron chi connectivity index (χ2n) is 10.3. The molecule has 2 amide bonds. The van der Waals surface area contributed by atoms with Crippen LogP contribution >= 0.6 is 0 Å². The third-order valence-corrected chi connectivity index (χ3v) is 8.27. The number of rotatable bonds is 6. The van der Waals surface area contributed by atoms with Gasteiger partial charge >= 0.3 is 12.1 Å². The summed E-state index contributed by atoms with van der Waals surface area (Å²) < 4.78 is 5.61. The lowest BCUT2D eigenvalue weighted by molar-refractivity contribution is -0.159. The molecule has 7 heteroatoms. The minimum atomic E-state index is -0.954. The molecule has 7 rings (SSSR count). The van der Waals surface area contributed by atoms with E-state index in [2.05, 4.69) is 29.6 Å². The summed E-state index contributed by atoms with van der Waals surface area (Å²) in [5, 5.41) is 12.5. The number of carbonyl (C=O) groups is 3. The lowest BCUT2D eigenvalue weighted by Gasteiger charge is -2.40. The Morgan fingerprint density at radius 1 is 1.00 bits per heavy atom. The van der Waals surface area contributed by atoms with Gasteiger partial charge in [0, 0.05) is 24.9 Å². The number of carbonyl (C=O) groups excluding carboxylic acids is 2. The summed E-state index contributed by atoms with van der Waals surface area (Å²) in [7, 11) is 0. The lowest BCUT2D eigenvalue weighted by atomic mass is 9.73. The Kier molecular flexibility index (Phi) is 4.90. The topological polar surface area (TPSA) is 95.9 Å². The van der Waals surface area contributed by atoms with Crippen molar-refractivity contribution in [1.29, 1.82) is 0 Å². The zero-order valence-electron chi connectivity index (χ0n) is 18.9. The molecule has 176 valence electrons. The van der Waals surface area contributed by atoms with E-state index >= 15 is 0 Å². The van der Waals surface area contributed by atoms with Crippen LogP contribution in [0.1, 0.15) is 49.1 Å². The van der Waals surface area contributed by atoms with Gasteiger partial charge in [-0.25, -0.2) is 9.59 Å². The molecule has 7 nitrogen and oxygen atoms in total. The number of benzene rings is 2. The van der Waals surface area contributed by atoms with Gasteiger partial charge in [0.1, 0.15) is 12.1 Å². The summed E-state index contributed by atoms with van der Waals surface area (Å²) in [5.41, 5.74) is 3.79. The quantitative estimate of drug-likeness (QED) is 0.684. The number of carboxylic acid groups (broad SMARTS) is 1. The first kappa shape index (κ1) is 21.2. The Morgan fingerprint density at radius 2 is 1.62 bits per heavy atom. The molecular formula is C27H28N2O5. The van der Waals surface area contributed by atoms with E-state index in [0.29, 0.717) is 44.6 Å². The summed E-state index contributed by atoms with van der Waals surface area (Å²) in [5.74, 6) is -0.400. The van der Waals surface area contributed by atoms with Crippen LogP contribution in [0.5, 0.6) is 0 Å². The van der Waals surface area contributed by atoms with Crippen molar-refractivity contribution >= 4 is 18.0 Å². The maximum Gasteiger partial charge on any atom is 0.407 e. The number of nitrogens with zero attached hydrogens (tertiary/aromatic N) is 1. The zero-order valence-corrected chi connectivity index (χ0v) is 18.9. The van der Waals surface area contributed by atoms with Crippen LogP contribution in [0.2, 0.25) is 0 Å². The minimum Gasteiger partial charge on any atom is -0.479 e. The second-order valence-corrected chi connectivity index (χ2v) is 10.3. The molecule has 2 aromatic carbocycles. The van der Waals surface area contributed by atoms with Gasteiger partial charge in [0.15, 0.2) is 0 Å². The van der Waals surface area contributed by atoms with E-state index in [-0.39, 0.29) is 30.4 Å². The molecule has 0 aromatic heterocycles. The van der Waals surface area contributed by atoms with Crippen LogP contribution in [-0.4, -0.2) is 52.7 Å². The Morgan fingerprint density at radius 3 is 2.24 bits per heavy atom.